The van der Waals surface area contributed by atoms with Crippen molar-refractivity contribution in [3.05, 3.63) is 48.7 Å². The molecule has 0 fully saturated rings. The van der Waals surface area contributed by atoms with Crippen LogP contribution in [0.2, 0.25) is 0 Å². The van der Waals surface area contributed by atoms with Crippen LogP contribution in [-0.2, 0) is 4.79 Å². The predicted octanol–water partition coefficient (Wildman–Crippen LogP) is 4.49. The molecule has 3 rings (SSSR count). The highest BCUT2D eigenvalue weighted by atomic mass is 16.5. The van der Waals surface area contributed by atoms with E-state index in [4.69, 9.17) is 14.2 Å². The van der Waals surface area contributed by atoms with Gasteiger partial charge in [-0.2, -0.15) is 4.57 Å². The van der Waals surface area contributed by atoms with E-state index in [9.17, 15) is 9.90 Å². The summed E-state index contributed by atoms with van der Waals surface area (Å²) in [5.74, 6) is 1.02. The second-order valence-corrected chi connectivity index (χ2v) is 7.39. The first-order valence-electron chi connectivity index (χ1n) is 9.96. The third-order valence-corrected chi connectivity index (χ3v) is 5.08. The van der Waals surface area contributed by atoms with Gasteiger partial charge in [0.15, 0.2) is 17.7 Å². The van der Waals surface area contributed by atoms with Crippen LogP contribution in [0, 0.1) is 5.92 Å². The zero-order valence-electron chi connectivity index (χ0n) is 18.0. The van der Waals surface area contributed by atoms with Crippen molar-refractivity contribution in [3.63, 3.8) is 0 Å². The van der Waals surface area contributed by atoms with E-state index in [0.717, 1.165) is 27.8 Å². The largest absolute Gasteiger partial charge is 0.494 e. The number of benzene rings is 2. The van der Waals surface area contributed by atoms with Gasteiger partial charge >= 0.3 is 5.97 Å². The summed E-state index contributed by atoms with van der Waals surface area (Å²) in [5.41, 5.74) is 1.71. The normalized spacial score (nSPS) is 12.1. The van der Waals surface area contributed by atoms with Crippen molar-refractivity contribution < 1.29 is 28.7 Å². The number of methoxy groups -OCH3 is 2. The molecule has 0 saturated heterocycles. The maximum Gasteiger partial charge on any atom is 0.373 e. The molecule has 0 aliphatic carbocycles. The van der Waals surface area contributed by atoms with Crippen molar-refractivity contribution in [1.29, 1.82) is 0 Å². The molecule has 1 atom stereocenters. The van der Waals surface area contributed by atoms with E-state index < -0.39 is 12.0 Å². The van der Waals surface area contributed by atoms with Crippen LogP contribution in [0.15, 0.2) is 48.7 Å². The number of carbonyl (C=O) groups is 1. The van der Waals surface area contributed by atoms with E-state index in [1.807, 2.05) is 74.0 Å². The summed E-state index contributed by atoms with van der Waals surface area (Å²) in [6, 6.07) is 12.7. The molecular weight excluding hydrogens is 382 g/mol. The van der Waals surface area contributed by atoms with Gasteiger partial charge in [0.1, 0.15) is 5.75 Å². The lowest BCUT2D eigenvalue weighted by Gasteiger charge is -2.16. The number of ether oxygens (including phenoxy) is 3. The summed E-state index contributed by atoms with van der Waals surface area (Å²) in [6.45, 7) is 6.34. The van der Waals surface area contributed by atoms with Crippen molar-refractivity contribution in [2.24, 2.45) is 5.92 Å². The molecule has 1 heterocycles. The number of hydrogen-bond acceptors (Lipinski definition) is 4. The molecule has 0 bridgehead atoms. The van der Waals surface area contributed by atoms with E-state index in [2.05, 4.69) is 0 Å². The highest BCUT2D eigenvalue weighted by Gasteiger charge is 2.34. The lowest BCUT2D eigenvalue weighted by Crippen LogP contribution is -2.48. The van der Waals surface area contributed by atoms with Crippen molar-refractivity contribution >= 4 is 16.7 Å². The van der Waals surface area contributed by atoms with Crippen molar-refractivity contribution in [3.8, 4) is 28.5 Å². The third kappa shape index (κ3) is 4.17. The van der Waals surface area contributed by atoms with Crippen LogP contribution in [0.3, 0.4) is 0 Å². The number of nitrogens with zero attached hydrogens (tertiary/aromatic N) is 1. The van der Waals surface area contributed by atoms with E-state index in [-0.39, 0.29) is 5.92 Å². The molecule has 0 aliphatic rings. The molecule has 6 nitrogen and oxygen atoms in total. The average Bonchev–Trinajstić information content (AvgIpc) is 2.72. The minimum atomic E-state index is -0.873. The monoisotopic (exact) mass is 410 g/mol. The molecule has 158 valence electrons. The average molecular weight is 410 g/mol. The van der Waals surface area contributed by atoms with Gasteiger partial charge in [0.2, 0.25) is 5.69 Å². The molecule has 0 radical (unpaired) electrons. The topological polar surface area (TPSA) is 68.9 Å². The number of carboxylic acid groups (broad SMARTS) is 1. The van der Waals surface area contributed by atoms with Crippen LogP contribution >= 0.6 is 0 Å². The summed E-state index contributed by atoms with van der Waals surface area (Å²) in [4.78, 5) is 12.1. The van der Waals surface area contributed by atoms with Crippen LogP contribution in [0.5, 0.6) is 17.2 Å². The van der Waals surface area contributed by atoms with Crippen molar-refractivity contribution in [1.82, 2.24) is 0 Å². The van der Waals surface area contributed by atoms with Gasteiger partial charge in [-0.25, -0.2) is 4.79 Å². The van der Waals surface area contributed by atoms with Gasteiger partial charge in [-0.05, 0) is 48.7 Å². The minimum absolute atomic E-state index is 0.105. The number of carboxylic acids is 1. The lowest BCUT2D eigenvalue weighted by molar-refractivity contribution is -0.705. The number of hydrogen-bond donors (Lipinski definition) is 1. The Kier molecular flexibility index (Phi) is 6.45. The maximum atomic E-state index is 12.1. The van der Waals surface area contributed by atoms with Gasteiger partial charge in [-0.1, -0.05) is 13.8 Å². The number of fused-ring (bicyclic) bond motifs is 1. The Hall–Kier alpha value is -3.28. The molecule has 0 aliphatic heterocycles. The second kappa shape index (κ2) is 9.03. The summed E-state index contributed by atoms with van der Waals surface area (Å²) in [6.07, 6.45) is 1.88. The van der Waals surface area contributed by atoms with E-state index in [1.165, 1.54) is 0 Å². The molecule has 0 amide bonds. The SMILES string of the molecule is CCOc1ccc(-c2cc3cc(OC)c(OC)cc3c[n+]2[C@H](C(=O)O)C(C)C)cc1. The number of aliphatic carboxylic acids is 1. The van der Waals surface area contributed by atoms with Crippen LogP contribution in [0.4, 0.5) is 0 Å². The van der Waals surface area contributed by atoms with Gasteiger partial charge in [0.25, 0.3) is 6.04 Å². The molecule has 6 heteroatoms. The van der Waals surface area contributed by atoms with E-state index >= 15 is 0 Å². The molecule has 30 heavy (non-hydrogen) atoms. The van der Waals surface area contributed by atoms with Crippen LogP contribution in [0.1, 0.15) is 26.8 Å². The Balaban J connectivity index is 2.28. The standard InChI is InChI=1S/C24H27NO5/c1-6-30-19-9-7-16(8-10-19)20-11-17-12-21(28-4)22(29-5)13-18(17)14-25(20)23(15(2)3)24(26)27/h7-15,23H,6H2,1-5H3/p+1/t23-/m0/s1. The summed E-state index contributed by atoms with van der Waals surface area (Å²) < 4.78 is 18.2. The molecular formula is C24H28NO5+. The van der Waals surface area contributed by atoms with Crippen LogP contribution in [0.25, 0.3) is 22.0 Å². The Morgan fingerprint density at radius 3 is 2.10 bits per heavy atom. The molecule has 1 N–H and O–H groups in total. The number of rotatable bonds is 8. The van der Waals surface area contributed by atoms with Crippen molar-refractivity contribution in [2.75, 3.05) is 20.8 Å². The molecule has 2 aromatic carbocycles. The summed E-state index contributed by atoms with van der Waals surface area (Å²) in [7, 11) is 3.18. The smallest absolute Gasteiger partial charge is 0.373 e. The van der Waals surface area contributed by atoms with E-state index in [1.54, 1.807) is 14.2 Å². The Bertz CT molecular complexity index is 1040. The fourth-order valence-electron chi connectivity index (χ4n) is 3.66. The van der Waals surface area contributed by atoms with Gasteiger partial charge in [-0.3, -0.25) is 0 Å². The molecule has 1 aromatic heterocycles. The maximum absolute atomic E-state index is 12.1. The predicted molar refractivity (Wildman–Crippen MR) is 115 cm³/mol. The first-order valence-corrected chi connectivity index (χ1v) is 9.96. The van der Waals surface area contributed by atoms with E-state index in [0.29, 0.717) is 18.1 Å². The van der Waals surface area contributed by atoms with Crippen molar-refractivity contribution in [2.45, 2.75) is 26.8 Å². The molecule has 0 saturated carbocycles. The molecule has 0 unspecified atom stereocenters. The minimum Gasteiger partial charge on any atom is -0.494 e. The van der Waals surface area contributed by atoms with Crippen LogP contribution in [-0.4, -0.2) is 31.9 Å². The Morgan fingerprint density at radius 1 is 1.00 bits per heavy atom. The quantitative estimate of drug-likeness (QED) is 0.554. The Morgan fingerprint density at radius 2 is 1.60 bits per heavy atom. The zero-order chi connectivity index (χ0) is 21.8. The first-order chi connectivity index (χ1) is 14.4. The zero-order valence-corrected chi connectivity index (χ0v) is 18.0. The highest BCUT2D eigenvalue weighted by molar-refractivity contribution is 5.87. The lowest BCUT2D eigenvalue weighted by atomic mass is 10.00. The fourth-order valence-corrected chi connectivity index (χ4v) is 3.66. The number of aromatic nitrogens is 1. The second-order valence-electron chi connectivity index (χ2n) is 7.39. The first kappa shape index (κ1) is 21.4. The Labute approximate surface area is 176 Å². The van der Waals surface area contributed by atoms with Gasteiger partial charge in [0.05, 0.1) is 20.8 Å². The van der Waals surface area contributed by atoms with Gasteiger partial charge < -0.3 is 19.3 Å². The third-order valence-electron chi connectivity index (χ3n) is 5.08. The van der Waals surface area contributed by atoms with Gasteiger partial charge in [-0.15, -0.1) is 0 Å². The summed E-state index contributed by atoms with van der Waals surface area (Å²) >= 11 is 0. The highest BCUT2D eigenvalue weighted by Crippen LogP contribution is 2.34. The van der Waals surface area contributed by atoms with Crippen LogP contribution < -0.4 is 18.8 Å². The molecule has 3 aromatic rings. The number of pyridine rings is 1. The fraction of sp³-hybridized carbons (Fsp3) is 0.333. The summed E-state index contributed by atoms with van der Waals surface area (Å²) in [5, 5.41) is 11.8. The van der Waals surface area contributed by atoms with Gasteiger partial charge in [0, 0.05) is 22.9 Å². The molecule has 0 spiro atoms.